The topological polar surface area (TPSA) is 27.0 Å². The summed E-state index contributed by atoms with van der Waals surface area (Å²) in [5, 5.41) is 10.1. The van der Waals surface area contributed by atoms with Crippen LogP contribution in [0.3, 0.4) is 0 Å². The Kier molecular flexibility index (Phi) is 4.03. The van der Waals surface area contributed by atoms with Crippen molar-refractivity contribution in [3.63, 3.8) is 0 Å². The van der Waals surface area contributed by atoms with E-state index in [0.29, 0.717) is 0 Å². The Hall–Kier alpha value is -2.11. The maximum Gasteiger partial charge on any atom is 0.120 e. The minimum absolute atomic E-state index is 0.577. The van der Waals surface area contributed by atoms with E-state index in [9.17, 15) is 5.26 Å². The van der Waals surface area contributed by atoms with E-state index in [1.54, 1.807) is 0 Å². The zero-order valence-electron chi connectivity index (χ0n) is 12.2. The minimum atomic E-state index is -0.577. The molecule has 0 spiro atoms. The van der Waals surface area contributed by atoms with Gasteiger partial charge in [0.15, 0.2) is 0 Å². The predicted octanol–water partition coefficient (Wildman–Crippen LogP) is 3.59. The van der Waals surface area contributed by atoms with Crippen LogP contribution in [0, 0.1) is 11.3 Å². The molecule has 1 aliphatic heterocycles. The summed E-state index contributed by atoms with van der Waals surface area (Å²) in [7, 11) is 0. The van der Waals surface area contributed by atoms with Gasteiger partial charge in [0.05, 0.1) is 6.07 Å². The lowest BCUT2D eigenvalue weighted by atomic mass is 9.75. The fourth-order valence-electron chi connectivity index (χ4n) is 3.24. The molecule has 0 amide bonds. The summed E-state index contributed by atoms with van der Waals surface area (Å²) in [6.45, 7) is 2.98. The second-order valence-corrected chi connectivity index (χ2v) is 5.73. The molecule has 0 saturated carbocycles. The molecule has 2 aromatic carbocycles. The van der Waals surface area contributed by atoms with Crippen molar-refractivity contribution < 1.29 is 0 Å². The Balaban J connectivity index is 2.06. The van der Waals surface area contributed by atoms with Crippen LogP contribution in [0.15, 0.2) is 60.7 Å². The zero-order chi connectivity index (χ0) is 14.5. The highest BCUT2D eigenvalue weighted by atomic mass is 15.1. The number of nitriles is 1. The van der Waals surface area contributed by atoms with Crippen LogP contribution in [-0.4, -0.2) is 24.5 Å². The minimum Gasteiger partial charge on any atom is -0.301 e. The first-order valence-corrected chi connectivity index (χ1v) is 7.60. The highest BCUT2D eigenvalue weighted by molar-refractivity contribution is 5.46. The maximum absolute atomic E-state index is 10.1. The van der Waals surface area contributed by atoms with E-state index in [0.717, 1.165) is 30.8 Å². The smallest absolute Gasteiger partial charge is 0.120 e. The summed E-state index contributed by atoms with van der Waals surface area (Å²) in [5.41, 5.74) is 1.60. The van der Waals surface area contributed by atoms with Crippen LogP contribution in [0.2, 0.25) is 0 Å². The van der Waals surface area contributed by atoms with Gasteiger partial charge in [-0.15, -0.1) is 0 Å². The molecular formula is C19H20N2. The Labute approximate surface area is 126 Å². The third-order valence-electron chi connectivity index (χ3n) is 4.38. The number of benzene rings is 2. The SMILES string of the molecule is N#CC(CN1CCCC1)(c1ccccc1)c1ccccc1. The van der Waals surface area contributed by atoms with Gasteiger partial charge < -0.3 is 4.90 Å². The summed E-state index contributed by atoms with van der Waals surface area (Å²) >= 11 is 0. The van der Waals surface area contributed by atoms with Crippen molar-refractivity contribution in [2.45, 2.75) is 18.3 Å². The van der Waals surface area contributed by atoms with Crippen LogP contribution in [0.1, 0.15) is 24.0 Å². The molecular weight excluding hydrogens is 256 g/mol. The van der Waals surface area contributed by atoms with Crippen molar-refractivity contribution in [1.82, 2.24) is 4.90 Å². The average molecular weight is 276 g/mol. The van der Waals surface area contributed by atoms with Crippen LogP contribution < -0.4 is 0 Å². The molecule has 0 unspecified atom stereocenters. The maximum atomic E-state index is 10.1. The third kappa shape index (κ3) is 2.70. The first kappa shape index (κ1) is 13.9. The third-order valence-corrected chi connectivity index (χ3v) is 4.38. The molecule has 1 heterocycles. The van der Waals surface area contributed by atoms with E-state index in [2.05, 4.69) is 35.2 Å². The standard InChI is InChI=1S/C19H20N2/c20-15-19(16-21-13-7-8-14-21,17-9-3-1-4-10-17)18-11-5-2-6-12-18/h1-6,9-12H,7-8,13-14,16H2. The number of hydrogen-bond donors (Lipinski definition) is 0. The molecule has 0 N–H and O–H groups in total. The molecule has 0 aromatic heterocycles. The summed E-state index contributed by atoms with van der Waals surface area (Å²) in [5.74, 6) is 0. The molecule has 2 heteroatoms. The van der Waals surface area contributed by atoms with Crippen molar-refractivity contribution in [2.24, 2.45) is 0 Å². The van der Waals surface area contributed by atoms with E-state index < -0.39 is 5.41 Å². The van der Waals surface area contributed by atoms with E-state index in [1.165, 1.54) is 12.8 Å². The Morgan fingerprint density at radius 1 is 0.857 bits per heavy atom. The van der Waals surface area contributed by atoms with E-state index in [1.807, 2.05) is 36.4 Å². The van der Waals surface area contributed by atoms with Gasteiger partial charge in [0, 0.05) is 6.54 Å². The van der Waals surface area contributed by atoms with Gasteiger partial charge in [-0.1, -0.05) is 60.7 Å². The van der Waals surface area contributed by atoms with Gasteiger partial charge in [-0.25, -0.2) is 0 Å². The van der Waals surface area contributed by atoms with E-state index in [4.69, 9.17) is 0 Å². The Morgan fingerprint density at radius 2 is 1.33 bits per heavy atom. The van der Waals surface area contributed by atoms with Crippen LogP contribution in [0.4, 0.5) is 0 Å². The molecule has 0 atom stereocenters. The van der Waals surface area contributed by atoms with Crippen LogP contribution in [0.25, 0.3) is 0 Å². The highest BCUT2D eigenvalue weighted by Gasteiger charge is 2.36. The fraction of sp³-hybridized carbons (Fsp3) is 0.316. The van der Waals surface area contributed by atoms with Gasteiger partial charge in [-0.2, -0.15) is 5.26 Å². The van der Waals surface area contributed by atoms with E-state index in [-0.39, 0.29) is 0 Å². The molecule has 1 fully saturated rings. The molecule has 21 heavy (non-hydrogen) atoms. The van der Waals surface area contributed by atoms with Gasteiger partial charge in [0.25, 0.3) is 0 Å². The number of nitrogens with zero attached hydrogens (tertiary/aromatic N) is 2. The second kappa shape index (κ2) is 6.11. The van der Waals surface area contributed by atoms with Crippen molar-refractivity contribution >= 4 is 0 Å². The second-order valence-electron chi connectivity index (χ2n) is 5.73. The summed E-state index contributed by atoms with van der Waals surface area (Å²) in [6, 6.07) is 23.0. The van der Waals surface area contributed by atoms with Gasteiger partial charge in [0.2, 0.25) is 0 Å². The molecule has 3 rings (SSSR count). The lowest BCUT2D eigenvalue weighted by Crippen LogP contribution is -2.39. The quantitative estimate of drug-likeness (QED) is 0.853. The lowest BCUT2D eigenvalue weighted by molar-refractivity contribution is 0.301. The molecule has 0 aliphatic carbocycles. The van der Waals surface area contributed by atoms with Crippen molar-refractivity contribution in [3.05, 3.63) is 71.8 Å². The van der Waals surface area contributed by atoms with E-state index >= 15 is 0 Å². The monoisotopic (exact) mass is 276 g/mol. The first-order chi connectivity index (χ1) is 10.3. The molecule has 106 valence electrons. The summed E-state index contributed by atoms with van der Waals surface area (Å²) < 4.78 is 0. The predicted molar refractivity (Wildman–Crippen MR) is 85.0 cm³/mol. The van der Waals surface area contributed by atoms with Gasteiger partial charge in [-0.05, 0) is 37.1 Å². The first-order valence-electron chi connectivity index (χ1n) is 7.60. The number of likely N-dealkylation sites (tertiary alicyclic amines) is 1. The molecule has 2 nitrogen and oxygen atoms in total. The molecule has 0 radical (unpaired) electrons. The average Bonchev–Trinajstić information content (AvgIpc) is 3.07. The van der Waals surface area contributed by atoms with Gasteiger partial charge in [0.1, 0.15) is 5.41 Å². The molecule has 1 saturated heterocycles. The Morgan fingerprint density at radius 3 is 1.76 bits per heavy atom. The fourth-order valence-corrected chi connectivity index (χ4v) is 3.24. The number of rotatable bonds is 4. The lowest BCUT2D eigenvalue weighted by Gasteiger charge is -2.32. The van der Waals surface area contributed by atoms with Crippen LogP contribution >= 0.6 is 0 Å². The summed E-state index contributed by atoms with van der Waals surface area (Å²) in [6.07, 6.45) is 2.48. The van der Waals surface area contributed by atoms with Crippen molar-refractivity contribution in [3.8, 4) is 6.07 Å². The Bertz CT molecular complexity index is 568. The highest BCUT2D eigenvalue weighted by Crippen LogP contribution is 2.33. The molecule has 1 aliphatic rings. The molecule has 0 bridgehead atoms. The normalized spacial score (nSPS) is 15.8. The number of hydrogen-bond acceptors (Lipinski definition) is 2. The van der Waals surface area contributed by atoms with Gasteiger partial charge in [-0.3, -0.25) is 0 Å². The molecule has 2 aromatic rings. The largest absolute Gasteiger partial charge is 0.301 e. The van der Waals surface area contributed by atoms with Crippen molar-refractivity contribution in [2.75, 3.05) is 19.6 Å². The van der Waals surface area contributed by atoms with Gasteiger partial charge >= 0.3 is 0 Å². The zero-order valence-corrected chi connectivity index (χ0v) is 12.2. The van der Waals surface area contributed by atoms with Crippen molar-refractivity contribution in [1.29, 1.82) is 5.26 Å². The summed E-state index contributed by atoms with van der Waals surface area (Å²) in [4.78, 5) is 2.42. The van der Waals surface area contributed by atoms with Crippen LogP contribution in [-0.2, 0) is 5.41 Å². The van der Waals surface area contributed by atoms with Crippen LogP contribution in [0.5, 0.6) is 0 Å².